The second kappa shape index (κ2) is 6.95. The number of rotatable bonds is 4. The maximum Gasteiger partial charge on any atom is 0.159 e. The molecular formula is C20H13Cl2N3O2. The van der Waals surface area contributed by atoms with Crippen LogP contribution in [-0.4, -0.2) is 11.7 Å². The molecule has 0 fully saturated rings. The number of para-hydroxylation sites is 2. The number of aliphatic imine (C=N–C) groups is 1. The lowest BCUT2D eigenvalue weighted by Gasteiger charge is -2.18. The van der Waals surface area contributed by atoms with E-state index in [9.17, 15) is 0 Å². The summed E-state index contributed by atoms with van der Waals surface area (Å²) in [6.07, 6.45) is 0. The highest BCUT2D eigenvalue weighted by molar-refractivity contribution is 6.45. The van der Waals surface area contributed by atoms with E-state index >= 15 is 0 Å². The minimum atomic E-state index is -0.0649. The van der Waals surface area contributed by atoms with Crippen molar-refractivity contribution in [3.63, 3.8) is 0 Å². The molecule has 3 aromatic carbocycles. The van der Waals surface area contributed by atoms with Crippen molar-refractivity contribution in [2.24, 2.45) is 10.7 Å². The van der Waals surface area contributed by atoms with Crippen LogP contribution in [0.15, 0.2) is 65.7 Å². The van der Waals surface area contributed by atoms with E-state index in [0.717, 1.165) is 0 Å². The van der Waals surface area contributed by atoms with Crippen LogP contribution in [0.5, 0.6) is 23.0 Å². The van der Waals surface area contributed by atoms with Gasteiger partial charge in [-0.15, -0.1) is 0 Å². The van der Waals surface area contributed by atoms with E-state index in [1.807, 2.05) is 36.4 Å². The van der Waals surface area contributed by atoms with Crippen molar-refractivity contribution in [3.8, 4) is 23.0 Å². The highest BCUT2D eigenvalue weighted by Gasteiger charge is 2.33. The van der Waals surface area contributed by atoms with Crippen molar-refractivity contribution in [2.45, 2.75) is 0 Å². The molecule has 7 heteroatoms. The van der Waals surface area contributed by atoms with Crippen LogP contribution in [0.3, 0.4) is 0 Å². The van der Waals surface area contributed by atoms with Crippen LogP contribution >= 0.6 is 23.2 Å². The quantitative estimate of drug-likeness (QED) is 0.598. The zero-order valence-electron chi connectivity index (χ0n) is 13.9. The fourth-order valence-electron chi connectivity index (χ4n) is 2.75. The Morgan fingerprint density at radius 3 is 1.67 bits per heavy atom. The second-order valence-corrected chi connectivity index (χ2v) is 6.47. The molecule has 1 aliphatic heterocycles. The van der Waals surface area contributed by atoms with Gasteiger partial charge in [-0.3, -0.25) is 5.41 Å². The average molecular weight is 398 g/mol. The summed E-state index contributed by atoms with van der Waals surface area (Å²) >= 11 is 13.0. The number of benzene rings is 3. The van der Waals surface area contributed by atoms with Crippen LogP contribution in [0.1, 0.15) is 11.1 Å². The van der Waals surface area contributed by atoms with Gasteiger partial charge in [0.05, 0.1) is 11.1 Å². The highest BCUT2D eigenvalue weighted by atomic mass is 35.5. The summed E-state index contributed by atoms with van der Waals surface area (Å²) in [5, 5.41) is 8.47. The number of hydrogen-bond acceptors (Lipinski definition) is 4. The van der Waals surface area contributed by atoms with Crippen molar-refractivity contribution in [2.75, 3.05) is 0 Å². The molecule has 1 heterocycles. The van der Waals surface area contributed by atoms with Crippen LogP contribution < -0.4 is 15.2 Å². The summed E-state index contributed by atoms with van der Waals surface area (Å²) in [6, 6.07) is 18.1. The Kier molecular flexibility index (Phi) is 4.48. The zero-order chi connectivity index (χ0) is 19.0. The number of amidine groups is 2. The third kappa shape index (κ3) is 3.12. The third-order valence-corrected chi connectivity index (χ3v) is 4.76. The van der Waals surface area contributed by atoms with Crippen molar-refractivity contribution in [3.05, 3.63) is 81.8 Å². The van der Waals surface area contributed by atoms with E-state index in [4.69, 9.17) is 43.8 Å². The Hall–Kier alpha value is -3.02. The first-order valence-corrected chi connectivity index (χ1v) is 8.76. The second-order valence-electron chi connectivity index (χ2n) is 5.71. The molecule has 5 nitrogen and oxygen atoms in total. The van der Waals surface area contributed by atoms with Gasteiger partial charge in [-0.2, -0.15) is 0 Å². The minimum Gasteiger partial charge on any atom is -0.455 e. The Morgan fingerprint density at radius 2 is 1.19 bits per heavy atom. The largest absolute Gasteiger partial charge is 0.455 e. The number of ether oxygens (including phenoxy) is 2. The number of halogens is 2. The van der Waals surface area contributed by atoms with Gasteiger partial charge in [0, 0.05) is 0 Å². The Labute approximate surface area is 165 Å². The fraction of sp³-hybridized carbons (Fsp3) is 0. The Balaban J connectivity index is 1.89. The van der Waals surface area contributed by atoms with Crippen LogP contribution in [0, 0.1) is 5.41 Å². The van der Waals surface area contributed by atoms with Gasteiger partial charge >= 0.3 is 0 Å². The molecule has 0 amide bonds. The monoisotopic (exact) mass is 397 g/mol. The molecule has 0 aliphatic carbocycles. The summed E-state index contributed by atoms with van der Waals surface area (Å²) in [5.74, 6) is 1.62. The van der Waals surface area contributed by atoms with Crippen molar-refractivity contribution < 1.29 is 9.47 Å². The number of fused-ring (bicyclic) bond motifs is 1. The molecular weight excluding hydrogens is 385 g/mol. The number of hydrogen-bond donors (Lipinski definition) is 2. The molecule has 0 atom stereocenters. The molecule has 27 heavy (non-hydrogen) atoms. The average Bonchev–Trinajstić information content (AvgIpc) is 2.98. The summed E-state index contributed by atoms with van der Waals surface area (Å²) in [6.45, 7) is 0. The molecule has 4 rings (SSSR count). The molecule has 0 radical (unpaired) electrons. The zero-order valence-corrected chi connectivity index (χ0v) is 15.4. The van der Waals surface area contributed by atoms with Crippen LogP contribution in [0.25, 0.3) is 0 Å². The topological polar surface area (TPSA) is 80.7 Å². The van der Waals surface area contributed by atoms with Gasteiger partial charge in [0.1, 0.15) is 27.4 Å². The van der Waals surface area contributed by atoms with E-state index in [1.54, 1.807) is 24.3 Å². The third-order valence-electron chi connectivity index (χ3n) is 3.95. The van der Waals surface area contributed by atoms with Gasteiger partial charge in [-0.1, -0.05) is 59.6 Å². The summed E-state index contributed by atoms with van der Waals surface area (Å²) < 4.78 is 11.8. The van der Waals surface area contributed by atoms with Crippen molar-refractivity contribution >= 4 is 34.9 Å². The minimum absolute atomic E-state index is 0.0649. The van der Waals surface area contributed by atoms with E-state index < -0.39 is 0 Å². The van der Waals surface area contributed by atoms with Crippen LogP contribution in [0.4, 0.5) is 0 Å². The molecule has 0 bridgehead atoms. The number of nitrogens with one attached hydrogen (secondary N) is 1. The van der Waals surface area contributed by atoms with E-state index in [2.05, 4.69) is 4.99 Å². The van der Waals surface area contributed by atoms with Gasteiger partial charge in [-0.05, 0) is 24.3 Å². The Morgan fingerprint density at radius 1 is 0.741 bits per heavy atom. The highest BCUT2D eigenvalue weighted by Crippen LogP contribution is 2.49. The normalized spacial score (nSPS) is 12.5. The summed E-state index contributed by atoms with van der Waals surface area (Å²) in [7, 11) is 0. The molecule has 1 aliphatic rings. The Bertz CT molecular complexity index is 1070. The van der Waals surface area contributed by atoms with E-state index in [0.29, 0.717) is 22.6 Å². The SMILES string of the molecule is N=C1N=C(N)c2c(Oc3ccccc3)c(Cl)c(Cl)c(Oc3ccccc3)c21. The predicted molar refractivity (Wildman–Crippen MR) is 107 cm³/mol. The first-order chi connectivity index (χ1) is 13.1. The van der Waals surface area contributed by atoms with E-state index in [-0.39, 0.29) is 33.2 Å². The van der Waals surface area contributed by atoms with Crippen molar-refractivity contribution in [1.82, 2.24) is 0 Å². The van der Waals surface area contributed by atoms with Gasteiger partial charge in [0.15, 0.2) is 17.3 Å². The molecule has 0 saturated heterocycles. The fourth-order valence-corrected chi connectivity index (χ4v) is 3.19. The maximum atomic E-state index is 8.21. The molecule has 3 aromatic rings. The molecule has 0 aromatic heterocycles. The predicted octanol–water partition coefficient (Wildman–Crippen LogP) is 5.62. The summed E-state index contributed by atoms with van der Waals surface area (Å²) in [4.78, 5) is 4.04. The molecule has 0 spiro atoms. The smallest absolute Gasteiger partial charge is 0.159 e. The van der Waals surface area contributed by atoms with E-state index in [1.165, 1.54) is 0 Å². The first kappa shape index (κ1) is 17.4. The molecule has 3 N–H and O–H groups in total. The van der Waals surface area contributed by atoms with Gasteiger partial charge in [0.2, 0.25) is 0 Å². The van der Waals surface area contributed by atoms with Gasteiger partial charge in [-0.25, -0.2) is 4.99 Å². The van der Waals surface area contributed by atoms with Crippen molar-refractivity contribution in [1.29, 1.82) is 5.41 Å². The maximum absolute atomic E-state index is 8.21. The lowest BCUT2D eigenvalue weighted by molar-refractivity contribution is 0.468. The lowest BCUT2D eigenvalue weighted by Crippen LogP contribution is -2.13. The molecule has 134 valence electrons. The first-order valence-electron chi connectivity index (χ1n) is 8.00. The number of nitrogens with zero attached hydrogens (tertiary/aromatic N) is 1. The lowest BCUT2D eigenvalue weighted by atomic mass is 10.1. The standard InChI is InChI=1S/C20H13Cl2N3O2/c21-15-16(22)18(27-12-9-5-2-6-10-12)14-13(19(23)25-20(14)24)17(15)26-11-7-3-1-4-8-11/h1-10H,(H3,23,24,25). The summed E-state index contributed by atoms with van der Waals surface area (Å²) in [5.41, 5.74) is 6.78. The molecule has 0 saturated carbocycles. The van der Waals surface area contributed by atoms with Crippen LogP contribution in [-0.2, 0) is 0 Å². The van der Waals surface area contributed by atoms with Crippen LogP contribution in [0.2, 0.25) is 10.0 Å². The number of nitrogens with two attached hydrogens (primary N) is 1. The van der Waals surface area contributed by atoms with Gasteiger partial charge in [0.25, 0.3) is 0 Å². The molecule has 0 unspecified atom stereocenters. The van der Waals surface area contributed by atoms with Gasteiger partial charge < -0.3 is 15.2 Å².